The van der Waals surface area contributed by atoms with Crippen LogP contribution in [-0.4, -0.2) is 29.8 Å². The van der Waals surface area contributed by atoms with Crippen LogP contribution in [0.15, 0.2) is 52.9 Å². The Morgan fingerprint density at radius 1 is 1.20 bits per heavy atom. The van der Waals surface area contributed by atoms with Crippen LogP contribution in [0.4, 0.5) is 4.39 Å². The molecule has 3 aromatic rings. The summed E-state index contributed by atoms with van der Waals surface area (Å²) in [5, 5.41) is 10.7. The molecule has 0 saturated heterocycles. The molecular weight excluding hydrogens is 325 g/mol. The highest BCUT2D eigenvalue weighted by atomic mass is 19.1. The third-order valence-electron chi connectivity index (χ3n) is 3.51. The highest BCUT2D eigenvalue weighted by Crippen LogP contribution is 2.22. The van der Waals surface area contributed by atoms with Gasteiger partial charge in [0.2, 0.25) is 11.8 Å². The van der Waals surface area contributed by atoms with Gasteiger partial charge in [-0.1, -0.05) is 6.07 Å². The van der Waals surface area contributed by atoms with E-state index in [1.807, 2.05) is 18.2 Å². The SMILES string of the molecule is COc1cccc(-c2nnc(CCNC(=O)c3ccc(F)cc3)o2)c1. The maximum Gasteiger partial charge on any atom is 0.251 e. The standard InChI is InChI=1S/C18H16FN3O3/c1-24-15-4-2-3-13(11-15)18-22-21-16(25-18)9-10-20-17(23)12-5-7-14(19)8-6-12/h2-8,11H,9-10H2,1H3,(H,20,23). The molecule has 0 spiro atoms. The Bertz CT molecular complexity index is 862. The zero-order valence-corrected chi connectivity index (χ0v) is 13.5. The number of ether oxygens (including phenoxy) is 1. The maximum absolute atomic E-state index is 12.8. The molecule has 1 amide bonds. The van der Waals surface area contributed by atoms with Gasteiger partial charge in [-0.05, 0) is 42.5 Å². The molecular formula is C18H16FN3O3. The van der Waals surface area contributed by atoms with Gasteiger partial charge in [-0.25, -0.2) is 4.39 Å². The van der Waals surface area contributed by atoms with E-state index in [9.17, 15) is 9.18 Å². The second kappa shape index (κ2) is 7.57. The first-order chi connectivity index (χ1) is 12.2. The molecule has 0 saturated carbocycles. The van der Waals surface area contributed by atoms with Gasteiger partial charge in [0.05, 0.1) is 7.11 Å². The summed E-state index contributed by atoms with van der Waals surface area (Å²) in [5.41, 5.74) is 1.15. The number of hydrogen-bond acceptors (Lipinski definition) is 5. The van der Waals surface area contributed by atoms with E-state index in [0.717, 1.165) is 5.56 Å². The van der Waals surface area contributed by atoms with Gasteiger partial charge >= 0.3 is 0 Å². The van der Waals surface area contributed by atoms with Gasteiger partial charge in [-0.15, -0.1) is 10.2 Å². The van der Waals surface area contributed by atoms with E-state index >= 15 is 0 Å². The molecule has 128 valence electrons. The first-order valence-electron chi connectivity index (χ1n) is 7.66. The van der Waals surface area contributed by atoms with Crippen molar-refractivity contribution in [2.24, 2.45) is 0 Å². The van der Waals surface area contributed by atoms with Crippen molar-refractivity contribution in [2.45, 2.75) is 6.42 Å². The number of methoxy groups -OCH3 is 1. The van der Waals surface area contributed by atoms with E-state index in [0.29, 0.717) is 36.1 Å². The number of benzene rings is 2. The van der Waals surface area contributed by atoms with Crippen molar-refractivity contribution in [1.82, 2.24) is 15.5 Å². The normalized spacial score (nSPS) is 10.5. The van der Waals surface area contributed by atoms with Crippen molar-refractivity contribution in [3.8, 4) is 17.2 Å². The van der Waals surface area contributed by atoms with E-state index in [4.69, 9.17) is 9.15 Å². The summed E-state index contributed by atoms with van der Waals surface area (Å²) in [5.74, 6) is 0.833. The maximum atomic E-state index is 12.8. The van der Waals surface area contributed by atoms with Crippen LogP contribution < -0.4 is 10.1 Å². The predicted octanol–water partition coefficient (Wildman–Crippen LogP) is 2.86. The van der Waals surface area contributed by atoms with Crippen LogP contribution in [-0.2, 0) is 6.42 Å². The molecule has 3 rings (SSSR count). The van der Waals surface area contributed by atoms with Crippen molar-refractivity contribution in [1.29, 1.82) is 0 Å². The first kappa shape index (κ1) is 16.6. The lowest BCUT2D eigenvalue weighted by molar-refractivity contribution is 0.0953. The number of amides is 1. The third-order valence-corrected chi connectivity index (χ3v) is 3.51. The Kier molecular flexibility index (Phi) is 5.03. The van der Waals surface area contributed by atoms with Gasteiger partial charge in [0, 0.05) is 24.1 Å². The quantitative estimate of drug-likeness (QED) is 0.746. The molecule has 1 N–H and O–H groups in total. The number of halogens is 1. The molecule has 2 aromatic carbocycles. The molecule has 0 bridgehead atoms. The fourth-order valence-corrected chi connectivity index (χ4v) is 2.21. The topological polar surface area (TPSA) is 77.3 Å². The first-order valence-corrected chi connectivity index (χ1v) is 7.66. The zero-order chi connectivity index (χ0) is 17.6. The fraction of sp³-hybridized carbons (Fsp3) is 0.167. The minimum atomic E-state index is -0.382. The molecule has 0 radical (unpaired) electrons. The van der Waals surface area contributed by atoms with Crippen LogP contribution in [0.25, 0.3) is 11.5 Å². The lowest BCUT2D eigenvalue weighted by Crippen LogP contribution is -2.25. The van der Waals surface area contributed by atoms with Gasteiger partial charge in [0.25, 0.3) is 5.91 Å². The molecule has 0 aliphatic heterocycles. The minimum absolute atomic E-state index is 0.285. The lowest BCUT2D eigenvalue weighted by atomic mass is 10.2. The summed E-state index contributed by atoms with van der Waals surface area (Å²) >= 11 is 0. The summed E-state index contributed by atoms with van der Waals surface area (Å²) in [6.07, 6.45) is 0.393. The largest absolute Gasteiger partial charge is 0.497 e. The molecule has 1 heterocycles. The second-order valence-corrected chi connectivity index (χ2v) is 5.25. The van der Waals surface area contributed by atoms with E-state index < -0.39 is 0 Å². The predicted molar refractivity (Wildman–Crippen MR) is 88.7 cm³/mol. The molecule has 7 heteroatoms. The Morgan fingerprint density at radius 3 is 2.76 bits per heavy atom. The molecule has 0 atom stereocenters. The zero-order valence-electron chi connectivity index (χ0n) is 13.5. The van der Waals surface area contributed by atoms with Crippen molar-refractivity contribution in [2.75, 3.05) is 13.7 Å². The van der Waals surface area contributed by atoms with E-state index in [-0.39, 0.29) is 11.7 Å². The minimum Gasteiger partial charge on any atom is -0.497 e. The van der Waals surface area contributed by atoms with Crippen molar-refractivity contribution in [3.63, 3.8) is 0 Å². The second-order valence-electron chi connectivity index (χ2n) is 5.25. The summed E-state index contributed by atoms with van der Waals surface area (Å²) < 4.78 is 23.6. The number of rotatable bonds is 6. The Labute approximate surface area is 143 Å². The number of nitrogens with one attached hydrogen (secondary N) is 1. The monoisotopic (exact) mass is 341 g/mol. The Morgan fingerprint density at radius 2 is 2.00 bits per heavy atom. The average molecular weight is 341 g/mol. The third kappa shape index (κ3) is 4.20. The highest BCUT2D eigenvalue weighted by Gasteiger charge is 2.10. The molecule has 6 nitrogen and oxygen atoms in total. The summed E-state index contributed by atoms with van der Waals surface area (Å²) in [7, 11) is 1.59. The van der Waals surface area contributed by atoms with Gasteiger partial charge in [-0.2, -0.15) is 0 Å². The van der Waals surface area contributed by atoms with Gasteiger partial charge in [0.1, 0.15) is 11.6 Å². The van der Waals surface area contributed by atoms with Crippen LogP contribution in [0, 0.1) is 5.82 Å². The van der Waals surface area contributed by atoms with E-state index in [1.165, 1.54) is 24.3 Å². The number of carbonyl (C=O) groups is 1. The molecule has 25 heavy (non-hydrogen) atoms. The molecule has 0 aliphatic carbocycles. The summed E-state index contributed by atoms with van der Waals surface area (Å²) in [6, 6.07) is 12.6. The molecule has 0 fully saturated rings. The molecule has 0 unspecified atom stereocenters. The summed E-state index contributed by atoms with van der Waals surface area (Å²) in [4.78, 5) is 11.9. The smallest absolute Gasteiger partial charge is 0.251 e. The molecule has 1 aromatic heterocycles. The van der Waals surface area contributed by atoms with Crippen LogP contribution in [0.3, 0.4) is 0 Å². The van der Waals surface area contributed by atoms with Gasteiger partial charge in [0.15, 0.2) is 0 Å². The molecule has 0 aliphatic rings. The number of aromatic nitrogens is 2. The lowest BCUT2D eigenvalue weighted by Gasteiger charge is -2.03. The van der Waals surface area contributed by atoms with E-state index in [1.54, 1.807) is 13.2 Å². The van der Waals surface area contributed by atoms with Gasteiger partial charge < -0.3 is 14.5 Å². The Hall–Kier alpha value is -3.22. The fourth-order valence-electron chi connectivity index (χ4n) is 2.21. The van der Waals surface area contributed by atoms with Gasteiger partial charge in [-0.3, -0.25) is 4.79 Å². The van der Waals surface area contributed by atoms with Crippen molar-refractivity contribution < 1.29 is 18.3 Å². The number of hydrogen-bond donors (Lipinski definition) is 1. The van der Waals surface area contributed by atoms with Crippen LogP contribution in [0.2, 0.25) is 0 Å². The summed E-state index contributed by atoms with van der Waals surface area (Å²) in [6.45, 7) is 0.329. The average Bonchev–Trinajstić information content (AvgIpc) is 3.11. The van der Waals surface area contributed by atoms with Crippen LogP contribution >= 0.6 is 0 Å². The Balaban J connectivity index is 1.56. The number of nitrogens with zero attached hydrogens (tertiary/aromatic N) is 2. The highest BCUT2D eigenvalue weighted by molar-refractivity contribution is 5.94. The number of carbonyl (C=O) groups excluding carboxylic acids is 1. The van der Waals surface area contributed by atoms with Crippen molar-refractivity contribution >= 4 is 5.91 Å². The van der Waals surface area contributed by atoms with Crippen LogP contribution in [0.1, 0.15) is 16.2 Å². The van der Waals surface area contributed by atoms with Crippen molar-refractivity contribution in [3.05, 3.63) is 65.8 Å². The van der Waals surface area contributed by atoms with E-state index in [2.05, 4.69) is 15.5 Å². The van der Waals surface area contributed by atoms with Crippen LogP contribution in [0.5, 0.6) is 5.75 Å².